The van der Waals surface area contributed by atoms with Crippen molar-refractivity contribution < 1.29 is 5.21 Å². The molecule has 5 heteroatoms. The van der Waals surface area contributed by atoms with Crippen LogP contribution in [0.3, 0.4) is 0 Å². The van der Waals surface area contributed by atoms with Crippen molar-refractivity contribution in [3.8, 4) is 0 Å². The minimum absolute atomic E-state index is 0.500. The lowest BCUT2D eigenvalue weighted by molar-refractivity contribution is 0.308. The Labute approximate surface area is 91.9 Å². The summed E-state index contributed by atoms with van der Waals surface area (Å²) in [6, 6.07) is 3.85. The van der Waals surface area contributed by atoms with Crippen LogP contribution >= 0.6 is 11.3 Å². The third kappa shape index (κ3) is 1.92. The molecule has 0 aliphatic carbocycles. The second kappa shape index (κ2) is 4.27. The molecule has 2 heterocycles. The number of nitrogens with zero attached hydrogens (tertiary/aromatic N) is 3. The minimum Gasteiger partial charge on any atom is -0.409 e. The first-order valence-electron chi connectivity index (χ1n) is 4.53. The van der Waals surface area contributed by atoms with Crippen LogP contribution in [0.2, 0.25) is 0 Å². The highest BCUT2D eigenvalue weighted by Crippen LogP contribution is 2.17. The van der Waals surface area contributed by atoms with Crippen LogP contribution in [0.25, 0.3) is 0 Å². The second-order valence-electron chi connectivity index (χ2n) is 3.11. The van der Waals surface area contributed by atoms with Gasteiger partial charge in [0.05, 0.1) is 4.88 Å². The molecule has 0 unspecified atom stereocenters. The second-order valence-corrected chi connectivity index (χ2v) is 4.06. The standard InChI is InChI=1S/C10H11N3OS/c1-8-4-5-11-7-13(8)10(12-14)9-3-2-6-15-9/h2-6,14H,7H2,1H3/b12-10-. The molecular weight excluding hydrogens is 210 g/mol. The highest BCUT2D eigenvalue weighted by atomic mass is 32.1. The van der Waals surface area contributed by atoms with Gasteiger partial charge in [-0.1, -0.05) is 11.2 Å². The number of oxime groups is 1. The van der Waals surface area contributed by atoms with E-state index in [1.54, 1.807) is 6.21 Å². The molecule has 4 nitrogen and oxygen atoms in total. The average Bonchev–Trinajstić information content (AvgIpc) is 2.75. The highest BCUT2D eigenvalue weighted by molar-refractivity contribution is 7.12. The molecule has 1 aromatic heterocycles. The third-order valence-electron chi connectivity index (χ3n) is 2.16. The monoisotopic (exact) mass is 221 g/mol. The van der Waals surface area contributed by atoms with E-state index in [1.807, 2.05) is 35.4 Å². The first-order valence-corrected chi connectivity index (χ1v) is 5.41. The maximum atomic E-state index is 9.04. The van der Waals surface area contributed by atoms with E-state index >= 15 is 0 Å². The quantitative estimate of drug-likeness (QED) is 0.342. The van der Waals surface area contributed by atoms with Crippen LogP contribution in [-0.2, 0) is 0 Å². The number of allylic oxidation sites excluding steroid dienone is 2. The van der Waals surface area contributed by atoms with Gasteiger partial charge in [0.15, 0.2) is 5.84 Å². The largest absolute Gasteiger partial charge is 0.409 e. The maximum absolute atomic E-state index is 9.04. The zero-order chi connectivity index (χ0) is 10.7. The molecule has 0 atom stereocenters. The van der Waals surface area contributed by atoms with Gasteiger partial charge in [-0.2, -0.15) is 0 Å². The number of rotatable bonds is 1. The van der Waals surface area contributed by atoms with Gasteiger partial charge in [-0.05, 0) is 24.4 Å². The van der Waals surface area contributed by atoms with Gasteiger partial charge in [-0.15, -0.1) is 11.3 Å². The first kappa shape index (κ1) is 9.92. The Morgan fingerprint density at radius 3 is 3.13 bits per heavy atom. The maximum Gasteiger partial charge on any atom is 0.191 e. The summed E-state index contributed by atoms with van der Waals surface area (Å²) in [5.74, 6) is 0.551. The van der Waals surface area contributed by atoms with Crippen molar-refractivity contribution in [1.82, 2.24) is 4.90 Å². The van der Waals surface area contributed by atoms with E-state index in [0.29, 0.717) is 12.5 Å². The molecule has 0 spiro atoms. The predicted molar refractivity (Wildman–Crippen MR) is 61.6 cm³/mol. The van der Waals surface area contributed by atoms with Crippen molar-refractivity contribution in [3.05, 3.63) is 34.2 Å². The Kier molecular flexibility index (Phi) is 2.82. The Bertz CT molecular complexity index is 420. The molecule has 0 saturated carbocycles. The molecular formula is C10H11N3OS. The molecule has 1 N–H and O–H groups in total. The summed E-state index contributed by atoms with van der Waals surface area (Å²) in [6.45, 7) is 2.46. The lowest BCUT2D eigenvalue weighted by Gasteiger charge is -2.24. The Morgan fingerprint density at radius 2 is 2.53 bits per heavy atom. The van der Waals surface area contributed by atoms with E-state index in [-0.39, 0.29) is 0 Å². The summed E-state index contributed by atoms with van der Waals surface area (Å²) in [6.07, 6.45) is 3.65. The van der Waals surface area contributed by atoms with Crippen LogP contribution in [0.4, 0.5) is 0 Å². The van der Waals surface area contributed by atoms with Crippen LogP contribution < -0.4 is 0 Å². The normalized spacial score (nSPS) is 16.7. The lowest BCUT2D eigenvalue weighted by atomic mass is 10.3. The molecule has 2 rings (SSSR count). The fraction of sp³-hybridized carbons (Fsp3) is 0.200. The molecule has 0 radical (unpaired) electrons. The summed E-state index contributed by atoms with van der Waals surface area (Å²) in [7, 11) is 0. The molecule has 78 valence electrons. The van der Waals surface area contributed by atoms with Crippen LogP contribution in [0.5, 0.6) is 0 Å². The predicted octanol–water partition coefficient (Wildman–Crippen LogP) is 2.13. The summed E-state index contributed by atoms with van der Waals surface area (Å²) >= 11 is 1.54. The number of hydrogen-bond acceptors (Lipinski definition) is 4. The highest BCUT2D eigenvalue weighted by Gasteiger charge is 2.17. The molecule has 0 bridgehead atoms. The van der Waals surface area contributed by atoms with E-state index in [4.69, 9.17) is 5.21 Å². The van der Waals surface area contributed by atoms with Crippen molar-refractivity contribution >= 4 is 23.4 Å². The van der Waals surface area contributed by atoms with Gasteiger partial charge < -0.3 is 10.1 Å². The van der Waals surface area contributed by atoms with Gasteiger partial charge in [0, 0.05) is 11.9 Å². The van der Waals surface area contributed by atoms with Gasteiger partial charge in [-0.3, -0.25) is 4.99 Å². The fourth-order valence-electron chi connectivity index (χ4n) is 1.37. The third-order valence-corrected chi connectivity index (χ3v) is 3.03. The summed E-state index contributed by atoms with van der Waals surface area (Å²) in [4.78, 5) is 6.92. The van der Waals surface area contributed by atoms with Crippen molar-refractivity contribution in [3.63, 3.8) is 0 Å². The summed E-state index contributed by atoms with van der Waals surface area (Å²) in [5.41, 5.74) is 1.02. The topological polar surface area (TPSA) is 48.2 Å². The van der Waals surface area contributed by atoms with Crippen LogP contribution in [0.15, 0.2) is 39.4 Å². The smallest absolute Gasteiger partial charge is 0.191 e. The fourth-order valence-corrected chi connectivity index (χ4v) is 2.08. The van der Waals surface area contributed by atoms with Crippen LogP contribution in [-0.4, -0.2) is 28.8 Å². The van der Waals surface area contributed by atoms with E-state index in [0.717, 1.165) is 10.6 Å². The molecule has 1 aliphatic heterocycles. The Hall–Kier alpha value is -1.62. The zero-order valence-corrected chi connectivity index (χ0v) is 9.11. The molecule has 0 saturated heterocycles. The molecule has 15 heavy (non-hydrogen) atoms. The SMILES string of the molecule is CC1=CC=NCN1/C(=N\O)c1cccs1. The summed E-state index contributed by atoms with van der Waals surface area (Å²) < 4.78 is 0. The number of amidine groups is 1. The van der Waals surface area contributed by atoms with Gasteiger partial charge in [-0.25, -0.2) is 0 Å². The van der Waals surface area contributed by atoms with Gasteiger partial charge >= 0.3 is 0 Å². The average molecular weight is 221 g/mol. The molecule has 1 aliphatic rings. The van der Waals surface area contributed by atoms with E-state index < -0.39 is 0 Å². The van der Waals surface area contributed by atoms with Crippen molar-refractivity contribution in [2.75, 3.05) is 6.67 Å². The Balaban J connectivity index is 2.30. The van der Waals surface area contributed by atoms with Crippen LogP contribution in [0.1, 0.15) is 11.8 Å². The summed E-state index contributed by atoms with van der Waals surface area (Å²) in [5, 5.41) is 14.3. The number of aliphatic imine (C=N–C) groups is 1. The van der Waals surface area contributed by atoms with E-state index in [9.17, 15) is 0 Å². The molecule has 0 aromatic carbocycles. The molecule has 0 amide bonds. The number of hydrogen-bond donors (Lipinski definition) is 1. The van der Waals surface area contributed by atoms with Gasteiger partial charge in [0.1, 0.15) is 6.67 Å². The van der Waals surface area contributed by atoms with Crippen molar-refractivity contribution in [2.24, 2.45) is 10.1 Å². The molecule has 0 fully saturated rings. The van der Waals surface area contributed by atoms with Crippen LogP contribution in [0, 0.1) is 0 Å². The van der Waals surface area contributed by atoms with E-state index in [1.165, 1.54) is 11.3 Å². The first-order chi connectivity index (χ1) is 7.33. The minimum atomic E-state index is 0.500. The van der Waals surface area contributed by atoms with Crippen molar-refractivity contribution in [2.45, 2.75) is 6.92 Å². The van der Waals surface area contributed by atoms with Crippen molar-refractivity contribution in [1.29, 1.82) is 0 Å². The van der Waals surface area contributed by atoms with Gasteiger partial charge in [0.25, 0.3) is 0 Å². The number of thiophene rings is 1. The van der Waals surface area contributed by atoms with E-state index in [2.05, 4.69) is 10.1 Å². The molecule has 1 aromatic rings. The Morgan fingerprint density at radius 1 is 1.67 bits per heavy atom. The van der Waals surface area contributed by atoms with Gasteiger partial charge in [0.2, 0.25) is 0 Å². The lowest BCUT2D eigenvalue weighted by Crippen LogP contribution is -2.31. The zero-order valence-electron chi connectivity index (χ0n) is 8.29.